The molecule has 1 N–H and O–H groups in total. The molecule has 26 heavy (non-hydrogen) atoms. The molecule has 2 aromatic rings. The van der Waals surface area contributed by atoms with Crippen molar-refractivity contribution in [3.05, 3.63) is 48.0 Å². The molecule has 2 atom stereocenters. The minimum atomic E-state index is -0.821. The Morgan fingerprint density at radius 1 is 1.35 bits per heavy atom. The van der Waals surface area contributed by atoms with Gasteiger partial charge in [0, 0.05) is 38.1 Å². The molecular formula is C21H25N3O2. The third kappa shape index (κ3) is 3.11. The molecule has 2 fully saturated rings. The lowest BCUT2D eigenvalue weighted by molar-refractivity contribution is -0.0669. The van der Waals surface area contributed by atoms with Crippen molar-refractivity contribution in [2.24, 2.45) is 7.05 Å². The maximum Gasteiger partial charge on any atom is 0.148 e. The quantitative estimate of drug-likeness (QED) is 0.841. The van der Waals surface area contributed by atoms with Crippen molar-refractivity contribution in [2.45, 2.75) is 49.9 Å². The van der Waals surface area contributed by atoms with Gasteiger partial charge >= 0.3 is 0 Å². The Morgan fingerprint density at radius 3 is 2.77 bits per heavy atom. The van der Waals surface area contributed by atoms with Gasteiger partial charge in [-0.25, -0.2) is 4.98 Å². The third-order valence-electron chi connectivity index (χ3n) is 5.74. The molecule has 0 radical (unpaired) electrons. The number of piperidine rings is 1. The second-order valence-electron chi connectivity index (χ2n) is 7.50. The summed E-state index contributed by atoms with van der Waals surface area (Å²) >= 11 is 0. The van der Waals surface area contributed by atoms with E-state index in [-0.39, 0.29) is 6.61 Å². The normalized spacial score (nSPS) is 28.0. The lowest BCUT2D eigenvalue weighted by Gasteiger charge is -2.43. The summed E-state index contributed by atoms with van der Waals surface area (Å²) in [5, 5.41) is 11.3. The zero-order chi connectivity index (χ0) is 18.1. The van der Waals surface area contributed by atoms with Crippen molar-refractivity contribution in [1.29, 1.82) is 0 Å². The van der Waals surface area contributed by atoms with Crippen LogP contribution in [0.2, 0.25) is 0 Å². The van der Waals surface area contributed by atoms with Gasteiger partial charge in [0.2, 0.25) is 0 Å². The number of nitrogens with zero attached hydrogens (tertiary/aromatic N) is 3. The number of benzene rings is 1. The van der Waals surface area contributed by atoms with Gasteiger partial charge < -0.3 is 14.4 Å². The van der Waals surface area contributed by atoms with E-state index in [1.807, 2.05) is 29.9 Å². The molecule has 4 rings (SSSR count). The number of aryl methyl sites for hydroxylation is 1. The van der Waals surface area contributed by atoms with Crippen LogP contribution in [0.3, 0.4) is 0 Å². The smallest absolute Gasteiger partial charge is 0.148 e. The van der Waals surface area contributed by atoms with Crippen LogP contribution in [0, 0.1) is 12.3 Å². The van der Waals surface area contributed by atoms with Crippen molar-refractivity contribution < 1.29 is 9.84 Å². The maximum atomic E-state index is 11.3. The highest BCUT2D eigenvalue weighted by Gasteiger charge is 2.49. The monoisotopic (exact) mass is 351 g/mol. The molecule has 0 amide bonds. The van der Waals surface area contributed by atoms with Gasteiger partial charge in [0.25, 0.3) is 0 Å². The first-order valence-electron chi connectivity index (χ1n) is 9.20. The Kier molecular flexibility index (Phi) is 4.47. The van der Waals surface area contributed by atoms with Crippen LogP contribution in [0.1, 0.15) is 37.1 Å². The van der Waals surface area contributed by atoms with Crippen molar-refractivity contribution in [3.8, 4) is 18.1 Å². The fourth-order valence-corrected chi connectivity index (χ4v) is 4.64. The van der Waals surface area contributed by atoms with E-state index in [0.717, 1.165) is 43.8 Å². The standard InChI is InChI=1S/C21H25N3O2/c1-3-11-26-19-6-4-5-16(12-19)15-24-17-7-8-18(24)14-21(25,13-17)20-22-9-10-23(20)2/h1,4-6,9-10,12,17-18,25H,7-8,11,13-15H2,2H3. The van der Waals surface area contributed by atoms with Gasteiger partial charge in [-0.05, 0) is 43.4 Å². The lowest BCUT2D eigenvalue weighted by atomic mass is 9.85. The van der Waals surface area contributed by atoms with Crippen LogP contribution in [-0.2, 0) is 19.2 Å². The van der Waals surface area contributed by atoms with E-state index in [4.69, 9.17) is 11.2 Å². The van der Waals surface area contributed by atoms with Crippen LogP contribution in [0.15, 0.2) is 36.7 Å². The second-order valence-corrected chi connectivity index (χ2v) is 7.50. The zero-order valence-electron chi connectivity index (χ0n) is 15.1. The minimum Gasteiger partial charge on any atom is -0.481 e. The van der Waals surface area contributed by atoms with Crippen LogP contribution in [0.25, 0.3) is 0 Å². The molecule has 0 aliphatic carbocycles. The Labute approximate surface area is 154 Å². The van der Waals surface area contributed by atoms with Gasteiger partial charge in [0.15, 0.2) is 0 Å². The zero-order valence-corrected chi connectivity index (χ0v) is 15.1. The van der Waals surface area contributed by atoms with E-state index >= 15 is 0 Å². The summed E-state index contributed by atoms with van der Waals surface area (Å²) in [6, 6.07) is 8.90. The number of fused-ring (bicyclic) bond motifs is 2. The SMILES string of the molecule is C#CCOc1cccc(CN2C3CCC2CC(O)(c2nccn2C)C3)c1. The average molecular weight is 351 g/mol. The lowest BCUT2D eigenvalue weighted by Crippen LogP contribution is -2.50. The Bertz CT molecular complexity index is 809. The van der Waals surface area contributed by atoms with Crippen LogP contribution >= 0.6 is 0 Å². The highest BCUT2D eigenvalue weighted by molar-refractivity contribution is 5.29. The number of terminal acetylenes is 1. The summed E-state index contributed by atoms with van der Waals surface area (Å²) in [4.78, 5) is 6.96. The summed E-state index contributed by atoms with van der Waals surface area (Å²) in [5.74, 6) is 4.10. The van der Waals surface area contributed by atoms with E-state index in [9.17, 15) is 5.11 Å². The van der Waals surface area contributed by atoms with Gasteiger partial charge in [-0.1, -0.05) is 18.1 Å². The first kappa shape index (κ1) is 17.1. The number of rotatable bonds is 5. The first-order valence-corrected chi connectivity index (χ1v) is 9.20. The predicted molar refractivity (Wildman–Crippen MR) is 99.5 cm³/mol. The number of hydrogen-bond acceptors (Lipinski definition) is 4. The van der Waals surface area contributed by atoms with Crippen LogP contribution in [0.5, 0.6) is 5.75 Å². The minimum absolute atomic E-state index is 0.287. The van der Waals surface area contributed by atoms with Gasteiger partial charge in [-0.3, -0.25) is 4.90 Å². The van der Waals surface area contributed by atoms with Gasteiger partial charge in [0.05, 0.1) is 0 Å². The number of aliphatic hydroxyl groups is 1. The third-order valence-corrected chi connectivity index (χ3v) is 5.74. The maximum absolute atomic E-state index is 11.3. The molecule has 1 aromatic heterocycles. The Hall–Kier alpha value is -2.29. The molecule has 2 unspecified atom stereocenters. The van der Waals surface area contributed by atoms with Crippen molar-refractivity contribution in [2.75, 3.05) is 6.61 Å². The largest absolute Gasteiger partial charge is 0.481 e. The summed E-state index contributed by atoms with van der Waals surface area (Å²) in [6.07, 6.45) is 12.7. The van der Waals surface area contributed by atoms with E-state index in [2.05, 4.69) is 27.9 Å². The van der Waals surface area contributed by atoms with E-state index in [1.165, 1.54) is 5.56 Å². The molecule has 1 aromatic carbocycles. The topological polar surface area (TPSA) is 50.5 Å². The molecule has 136 valence electrons. The molecule has 2 saturated heterocycles. The summed E-state index contributed by atoms with van der Waals surface area (Å²) in [5.41, 5.74) is 0.400. The van der Waals surface area contributed by atoms with Crippen molar-refractivity contribution in [1.82, 2.24) is 14.5 Å². The summed E-state index contributed by atoms with van der Waals surface area (Å²) in [6.45, 7) is 1.16. The molecule has 5 nitrogen and oxygen atoms in total. The molecule has 0 spiro atoms. The molecule has 3 heterocycles. The number of ether oxygens (including phenoxy) is 1. The molecule has 2 aliphatic heterocycles. The number of aromatic nitrogens is 2. The van der Waals surface area contributed by atoms with E-state index in [1.54, 1.807) is 6.20 Å². The predicted octanol–water partition coefficient (Wildman–Crippen LogP) is 2.45. The van der Waals surface area contributed by atoms with Crippen LogP contribution in [0.4, 0.5) is 0 Å². The molecular weight excluding hydrogens is 326 g/mol. The van der Waals surface area contributed by atoms with Crippen LogP contribution in [-0.4, -0.2) is 38.2 Å². The molecule has 5 heteroatoms. The van der Waals surface area contributed by atoms with Crippen molar-refractivity contribution >= 4 is 0 Å². The highest BCUT2D eigenvalue weighted by Crippen LogP contribution is 2.45. The fourth-order valence-electron chi connectivity index (χ4n) is 4.64. The average Bonchev–Trinajstić information content (AvgIpc) is 3.16. The number of hydrogen-bond donors (Lipinski definition) is 1. The molecule has 0 saturated carbocycles. The van der Waals surface area contributed by atoms with Gasteiger partial charge in [0.1, 0.15) is 23.8 Å². The first-order chi connectivity index (χ1) is 12.6. The van der Waals surface area contributed by atoms with E-state index < -0.39 is 5.60 Å². The Balaban J connectivity index is 1.49. The highest BCUT2D eigenvalue weighted by atomic mass is 16.5. The number of imidazole rings is 1. The van der Waals surface area contributed by atoms with E-state index in [0.29, 0.717) is 12.1 Å². The summed E-state index contributed by atoms with van der Waals surface area (Å²) < 4.78 is 7.49. The van der Waals surface area contributed by atoms with Crippen molar-refractivity contribution in [3.63, 3.8) is 0 Å². The Morgan fingerprint density at radius 2 is 2.12 bits per heavy atom. The molecule has 2 bridgehead atoms. The second kappa shape index (κ2) is 6.79. The summed E-state index contributed by atoms with van der Waals surface area (Å²) in [7, 11) is 1.95. The molecule has 2 aliphatic rings. The van der Waals surface area contributed by atoms with Gasteiger partial charge in [-0.2, -0.15) is 0 Å². The fraction of sp³-hybridized carbons (Fsp3) is 0.476. The van der Waals surface area contributed by atoms with Gasteiger partial charge in [-0.15, -0.1) is 6.42 Å². The van der Waals surface area contributed by atoms with Crippen LogP contribution < -0.4 is 4.74 Å².